The van der Waals surface area contributed by atoms with Crippen LogP contribution >= 0.6 is 24.0 Å². The molecule has 2 aliphatic heterocycles. The molecule has 2 fully saturated rings. The first kappa shape index (κ1) is 21.0. The topological polar surface area (TPSA) is 40.1 Å². The third-order valence-electron chi connectivity index (χ3n) is 5.05. The van der Waals surface area contributed by atoms with Crippen molar-refractivity contribution >= 4 is 29.9 Å². The van der Waals surface area contributed by atoms with Crippen LogP contribution in [-0.4, -0.2) is 74.8 Å². The second-order valence-corrected chi connectivity index (χ2v) is 6.59. The van der Waals surface area contributed by atoms with Crippen LogP contribution in [-0.2, 0) is 4.74 Å². The van der Waals surface area contributed by atoms with Crippen LogP contribution in [0.3, 0.4) is 0 Å². The van der Waals surface area contributed by atoms with Crippen molar-refractivity contribution in [1.29, 1.82) is 0 Å². The molecule has 0 aromatic rings. The van der Waals surface area contributed by atoms with Crippen LogP contribution in [0.1, 0.15) is 40.0 Å². The van der Waals surface area contributed by atoms with Crippen molar-refractivity contribution in [3.8, 4) is 0 Å². The summed E-state index contributed by atoms with van der Waals surface area (Å²) in [6.45, 7) is 16.0. The van der Waals surface area contributed by atoms with Gasteiger partial charge in [0.05, 0.1) is 6.61 Å². The van der Waals surface area contributed by atoms with Gasteiger partial charge in [0.15, 0.2) is 5.96 Å². The maximum Gasteiger partial charge on any atom is 0.193 e. The Labute approximate surface area is 159 Å². The number of rotatable bonds is 7. The number of nitrogens with zero attached hydrogens (tertiary/aromatic N) is 3. The van der Waals surface area contributed by atoms with E-state index in [1.807, 2.05) is 0 Å². The Bertz CT molecular complexity index is 355. The predicted octanol–water partition coefficient (Wildman–Crippen LogP) is 2.41. The van der Waals surface area contributed by atoms with E-state index in [4.69, 9.17) is 9.73 Å². The fourth-order valence-electron chi connectivity index (χ4n) is 3.53. The van der Waals surface area contributed by atoms with Gasteiger partial charge < -0.3 is 19.9 Å². The van der Waals surface area contributed by atoms with Gasteiger partial charge in [-0.2, -0.15) is 0 Å². The van der Waals surface area contributed by atoms with E-state index in [0.29, 0.717) is 5.41 Å². The number of ether oxygens (including phenoxy) is 1. The molecule has 23 heavy (non-hydrogen) atoms. The van der Waals surface area contributed by atoms with E-state index < -0.39 is 0 Å². The summed E-state index contributed by atoms with van der Waals surface area (Å²) in [5.74, 6) is 1.10. The van der Waals surface area contributed by atoms with Gasteiger partial charge in [0.1, 0.15) is 0 Å². The van der Waals surface area contributed by atoms with E-state index in [0.717, 1.165) is 71.4 Å². The first-order valence-electron chi connectivity index (χ1n) is 9.06. The van der Waals surface area contributed by atoms with Crippen LogP contribution in [0.15, 0.2) is 4.99 Å². The smallest absolute Gasteiger partial charge is 0.193 e. The summed E-state index contributed by atoms with van der Waals surface area (Å²) in [5.41, 5.74) is 0.400. The normalized spacial score (nSPS) is 24.5. The minimum Gasteiger partial charge on any atom is -0.381 e. The molecular weight excluding hydrogens is 403 g/mol. The van der Waals surface area contributed by atoms with Gasteiger partial charge in [0.2, 0.25) is 0 Å². The van der Waals surface area contributed by atoms with E-state index in [9.17, 15) is 0 Å². The van der Waals surface area contributed by atoms with Gasteiger partial charge in [0, 0.05) is 38.2 Å². The molecule has 2 heterocycles. The number of hydrogen-bond acceptors (Lipinski definition) is 3. The molecule has 5 nitrogen and oxygen atoms in total. The van der Waals surface area contributed by atoms with Crippen molar-refractivity contribution in [2.24, 2.45) is 10.4 Å². The highest BCUT2D eigenvalue weighted by Gasteiger charge is 2.42. The third kappa shape index (κ3) is 6.05. The van der Waals surface area contributed by atoms with Crippen molar-refractivity contribution in [3.05, 3.63) is 0 Å². The quantitative estimate of drug-likeness (QED) is 0.287. The van der Waals surface area contributed by atoms with Gasteiger partial charge >= 0.3 is 0 Å². The number of halogens is 1. The Morgan fingerprint density at radius 2 is 2.04 bits per heavy atom. The van der Waals surface area contributed by atoms with E-state index in [1.54, 1.807) is 0 Å². The van der Waals surface area contributed by atoms with Gasteiger partial charge in [0.25, 0.3) is 0 Å². The van der Waals surface area contributed by atoms with Gasteiger partial charge in [-0.05, 0) is 45.8 Å². The minimum absolute atomic E-state index is 0. The van der Waals surface area contributed by atoms with Crippen molar-refractivity contribution in [2.45, 2.75) is 40.0 Å². The monoisotopic (exact) mass is 438 g/mol. The Hall–Kier alpha value is -0.0800. The van der Waals surface area contributed by atoms with Gasteiger partial charge in [-0.1, -0.05) is 13.8 Å². The van der Waals surface area contributed by atoms with Gasteiger partial charge in [-0.25, -0.2) is 0 Å². The molecule has 2 aliphatic rings. The third-order valence-corrected chi connectivity index (χ3v) is 5.05. The van der Waals surface area contributed by atoms with Crippen molar-refractivity contribution in [1.82, 2.24) is 15.1 Å². The molecule has 0 radical (unpaired) electrons. The van der Waals surface area contributed by atoms with E-state index in [-0.39, 0.29) is 24.0 Å². The average molecular weight is 438 g/mol. The van der Waals surface area contributed by atoms with Crippen molar-refractivity contribution in [3.63, 3.8) is 0 Å². The first-order chi connectivity index (χ1) is 10.7. The second kappa shape index (κ2) is 10.7. The predicted molar refractivity (Wildman–Crippen MR) is 108 cm³/mol. The molecule has 1 N–H and O–H groups in total. The molecular formula is C17H35IN4O. The Morgan fingerprint density at radius 3 is 2.65 bits per heavy atom. The van der Waals surface area contributed by atoms with Crippen LogP contribution in [0.25, 0.3) is 0 Å². The lowest BCUT2D eigenvalue weighted by Crippen LogP contribution is -2.41. The van der Waals surface area contributed by atoms with Crippen LogP contribution in [0.5, 0.6) is 0 Å². The molecule has 0 bridgehead atoms. The zero-order valence-corrected chi connectivity index (χ0v) is 17.5. The van der Waals surface area contributed by atoms with Crippen LogP contribution in [0.2, 0.25) is 0 Å². The summed E-state index contributed by atoms with van der Waals surface area (Å²) in [5, 5.41) is 3.47. The highest BCUT2D eigenvalue weighted by Crippen LogP contribution is 2.38. The molecule has 0 aliphatic carbocycles. The van der Waals surface area contributed by atoms with Crippen LogP contribution in [0, 0.1) is 5.41 Å². The van der Waals surface area contributed by atoms with Crippen molar-refractivity contribution < 1.29 is 4.74 Å². The molecule has 2 saturated heterocycles. The Balaban J connectivity index is 0.00000264. The summed E-state index contributed by atoms with van der Waals surface area (Å²) in [6, 6.07) is 0. The average Bonchev–Trinajstić information content (AvgIpc) is 3.17. The molecule has 0 amide bonds. The Kier molecular flexibility index (Phi) is 9.77. The molecule has 1 atom stereocenters. The zero-order chi connectivity index (χ0) is 15.8. The molecule has 0 aromatic heterocycles. The minimum atomic E-state index is 0. The molecule has 2 rings (SSSR count). The summed E-state index contributed by atoms with van der Waals surface area (Å²) < 4.78 is 5.63. The SMILES string of the molecule is CCNC(=NCCCN(CC)CC)N1CCC2(CCOC2)C1.I. The van der Waals surface area contributed by atoms with Crippen LogP contribution < -0.4 is 5.32 Å². The van der Waals surface area contributed by atoms with Crippen LogP contribution in [0.4, 0.5) is 0 Å². The van der Waals surface area contributed by atoms with E-state index in [2.05, 4.69) is 35.9 Å². The Morgan fingerprint density at radius 1 is 1.26 bits per heavy atom. The lowest BCUT2D eigenvalue weighted by molar-refractivity contribution is 0.156. The summed E-state index contributed by atoms with van der Waals surface area (Å²) in [7, 11) is 0. The number of hydrogen-bond donors (Lipinski definition) is 1. The fraction of sp³-hybridized carbons (Fsp3) is 0.941. The second-order valence-electron chi connectivity index (χ2n) is 6.59. The summed E-state index contributed by atoms with van der Waals surface area (Å²) >= 11 is 0. The standard InChI is InChI=1S/C17H34N4O.HI/c1-4-18-16(19-10-7-11-20(5-2)6-3)21-12-8-17(14-21)9-13-22-15-17;/h4-15H2,1-3H3,(H,18,19);1H. The van der Waals surface area contributed by atoms with E-state index in [1.165, 1.54) is 12.8 Å². The number of aliphatic imine (C=N–C) groups is 1. The maximum atomic E-state index is 5.63. The molecule has 1 unspecified atom stereocenters. The lowest BCUT2D eigenvalue weighted by atomic mass is 9.87. The van der Waals surface area contributed by atoms with Gasteiger partial charge in [-0.3, -0.25) is 4.99 Å². The highest BCUT2D eigenvalue weighted by molar-refractivity contribution is 14.0. The number of nitrogens with one attached hydrogen (secondary N) is 1. The summed E-state index contributed by atoms with van der Waals surface area (Å²) in [6.07, 6.45) is 3.60. The molecule has 136 valence electrons. The maximum absolute atomic E-state index is 5.63. The highest BCUT2D eigenvalue weighted by atomic mass is 127. The zero-order valence-electron chi connectivity index (χ0n) is 15.1. The largest absolute Gasteiger partial charge is 0.381 e. The fourth-order valence-corrected chi connectivity index (χ4v) is 3.53. The number of guanidine groups is 1. The molecule has 0 aromatic carbocycles. The molecule has 6 heteroatoms. The molecule has 1 spiro atoms. The first-order valence-corrected chi connectivity index (χ1v) is 9.06. The van der Waals surface area contributed by atoms with Crippen molar-refractivity contribution in [2.75, 3.05) is 59.0 Å². The van der Waals surface area contributed by atoms with Gasteiger partial charge in [-0.15, -0.1) is 24.0 Å². The summed E-state index contributed by atoms with van der Waals surface area (Å²) in [4.78, 5) is 9.76. The number of likely N-dealkylation sites (tertiary alicyclic amines) is 1. The lowest BCUT2D eigenvalue weighted by Gasteiger charge is -2.25. The molecule has 0 saturated carbocycles. The van der Waals surface area contributed by atoms with E-state index >= 15 is 0 Å².